The first-order valence-electron chi connectivity index (χ1n) is 9.64. The van der Waals surface area contributed by atoms with Crippen LogP contribution < -0.4 is 10.5 Å². The van der Waals surface area contributed by atoms with E-state index in [1.807, 2.05) is 32.0 Å². The fourth-order valence-corrected chi connectivity index (χ4v) is 5.32. The molecule has 0 saturated heterocycles. The molecule has 4 aromatic rings. The van der Waals surface area contributed by atoms with Crippen molar-refractivity contribution < 1.29 is 17.2 Å². The number of aromatic nitrogens is 2. The van der Waals surface area contributed by atoms with Crippen molar-refractivity contribution in [3.63, 3.8) is 0 Å². The van der Waals surface area contributed by atoms with Crippen molar-refractivity contribution in [3.05, 3.63) is 86.2 Å². The molecule has 0 aliphatic rings. The minimum Gasteiger partial charge on any atom is -0.408 e. The maximum atomic E-state index is 13.3. The minimum absolute atomic E-state index is 0.0942. The van der Waals surface area contributed by atoms with E-state index in [2.05, 4.69) is 25.6 Å². The van der Waals surface area contributed by atoms with E-state index in [4.69, 9.17) is 4.42 Å². The highest BCUT2D eigenvalue weighted by molar-refractivity contribution is 9.10. The summed E-state index contributed by atoms with van der Waals surface area (Å²) >= 11 is 3.51. The summed E-state index contributed by atoms with van der Waals surface area (Å²) in [5.41, 5.74) is 2.92. The summed E-state index contributed by atoms with van der Waals surface area (Å²) in [6, 6.07) is 12.1. The fraction of sp³-hybridized carbons (Fsp3) is 0.182. The predicted octanol–water partition coefficient (Wildman–Crippen LogP) is 4.92. The number of aryl methyl sites for hydroxylation is 1. The van der Waals surface area contributed by atoms with E-state index in [1.165, 1.54) is 22.8 Å². The normalized spacial score (nSPS) is 12.8. The monoisotopic (exact) mass is 519 g/mol. The van der Waals surface area contributed by atoms with Crippen LogP contribution in [0, 0.1) is 19.8 Å². The third-order valence-corrected chi connectivity index (χ3v) is 7.66. The number of pyridine rings is 1. The van der Waals surface area contributed by atoms with Gasteiger partial charge >= 0.3 is 5.76 Å². The summed E-state index contributed by atoms with van der Waals surface area (Å²) in [7, 11) is -4.10. The number of anilines is 1. The zero-order chi connectivity index (χ0) is 23.2. The van der Waals surface area contributed by atoms with Crippen molar-refractivity contribution in [1.82, 2.24) is 9.55 Å². The van der Waals surface area contributed by atoms with Crippen LogP contribution in [-0.2, 0) is 10.0 Å². The Balaban J connectivity index is 1.81. The zero-order valence-corrected chi connectivity index (χ0v) is 19.8. The van der Waals surface area contributed by atoms with Crippen LogP contribution in [0.15, 0.2) is 67.1 Å². The van der Waals surface area contributed by atoms with Gasteiger partial charge in [-0.05, 0) is 61.7 Å². The highest BCUT2D eigenvalue weighted by Gasteiger charge is 2.24. The number of benzene rings is 2. The van der Waals surface area contributed by atoms with E-state index in [0.717, 1.165) is 21.7 Å². The van der Waals surface area contributed by atoms with Gasteiger partial charge in [-0.2, -0.15) is 4.39 Å². The molecular formula is C22H19BrFN3O4S. The maximum absolute atomic E-state index is 13.3. The van der Waals surface area contributed by atoms with Crippen molar-refractivity contribution in [2.24, 2.45) is 0 Å². The molecule has 0 fully saturated rings. The molecule has 0 bridgehead atoms. The molecule has 0 aliphatic heterocycles. The first-order chi connectivity index (χ1) is 15.1. The van der Waals surface area contributed by atoms with Gasteiger partial charge in [-0.25, -0.2) is 18.2 Å². The Hall–Kier alpha value is -2.98. The Labute approximate surface area is 192 Å². The molecule has 0 unspecified atom stereocenters. The number of rotatable bonds is 5. The topological polar surface area (TPSA) is 94.2 Å². The van der Waals surface area contributed by atoms with Gasteiger partial charge in [0.1, 0.15) is 5.82 Å². The number of oxazole rings is 1. The molecule has 0 saturated carbocycles. The van der Waals surface area contributed by atoms with Crippen molar-refractivity contribution in [2.45, 2.75) is 31.7 Å². The van der Waals surface area contributed by atoms with Crippen LogP contribution in [0.1, 0.15) is 29.7 Å². The van der Waals surface area contributed by atoms with E-state index in [0.29, 0.717) is 11.1 Å². The van der Waals surface area contributed by atoms with E-state index in [1.54, 1.807) is 13.0 Å². The zero-order valence-electron chi connectivity index (χ0n) is 17.4. The number of fused-ring (bicyclic) bond motifs is 1. The van der Waals surface area contributed by atoms with Gasteiger partial charge in [0.25, 0.3) is 10.0 Å². The quantitative estimate of drug-likeness (QED) is 0.377. The molecule has 2 aromatic heterocycles. The molecule has 4 rings (SSSR count). The SMILES string of the molecule is Cc1cc2c(cc1S(=O)(=O)Nc1cccc(F)n1)oc(=O)n2[C@H](C)c1cccc(Br)c1C. The smallest absolute Gasteiger partial charge is 0.408 e. The largest absolute Gasteiger partial charge is 0.420 e. The van der Waals surface area contributed by atoms with E-state index in [-0.39, 0.29) is 22.3 Å². The third kappa shape index (κ3) is 3.95. The standard InChI is InChI=1S/C22H19BrFN3O4S/c1-12-10-17-18(11-19(12)32(29,30)26-21-9-5-8-20(24)25-21)31-22(28)27(17)14(3)15-6-4-7-16(23)13(15)2/h4-11,14H,1-3H3,(H,25,26)/t14-/m1/s1. The number of halogens is 2. The van der Waals surface area contributed by atoms with Gasteiger partial charge < -0.3 is 4.42 Å². The van der Waals surface area contributed by atoms with Gasteiger partial charge in [0.05, 0.1) is 16.5 Å². The number of hydrogen-bond donors (Lipinski definition) is 1. The number of sulfonamides is 1. The molecular weight excluding hydrogens is 501 g/mol. The lowest BCUT2D eigenvalue weighted by atomic mass is 10.0. The lowest BCUT2D eigenvalue weighted by Gasteiger charge is -2.17. The van der Waals surface area contributed by atoms with Crippen LogP contribution in [0.2, 0.25) is 0 Å². The molecule has 0 spiro atoms. The van der Waals surface area contributed by atoms with Gasteiger partial charge in [-0.1, -0.05) is 34.1 Å². The van der Waals surface area contributed by atoms with Gasteiger partial charge in [0.15, 0.2) is 5.58 Å². The molecule has 166 valence electrons. The third-order valence-electron chi connectivity index (χ3n) is 5.30. The summed E-state index contributed by atoms with van der Waals surface area (Å²) in [4.78, 5) is 16.2. The molecule has 32 heavy (non-hydrogen) atoms. The Kier molecular flexibility index (Phi) is 5.68. The highest BCUT2D eigenvalue weighted by atomic mass is 79.9. The van der Waals surface area contributed by atoms with Crippen LogP contribution >= 0.6 is 15.9 Å². The summed E-state index contributed by atoms with van der Waals surface area (Å²) in [5, 5.41) is 0. The molecule has 2 aromatic carbocycles. The Morgan fingerprint density at radius 3 is 2.59 bits per heavy atom. The maximum Gasteiger partial charge on any atom is 0.420 e. The van der Waals surface area contributed by atoms with Gasteiger partial charge in [-0.15, -0.1) is 0 Å². The number of nitrogens with zero attached hydrogens (tertiary/aromatic N) is 2. The van der Waals surface area contributed by atoms with Gasteiger partial charge in [0.2, 0.25) is 5.95 Å². The summed E-state index contributed by atoms with van der Waals surface area (Å²) in [5.74, 6) is -1.56. The van der Waals surface area contributed by atoms with Crippen LogP contribution in [0.3, 0.4) is 0 Å². The molecule has 1 N–H and O–H groups in total. The fourth-order valence-electron chi connectivity index (χ4n) is 3.70. The van der Waals surface area contributed by atoms with E-state index >= 15 is 0 Å². The number of hydrogen-bond acceptors (Lipinski definition) is 5. The Bertz CT molecular complexity index is 1510. The molecule has 7 nitrogen and oxygen atoms in total. The summed E-state index contributed by atoms with van der Waals surface area (Å²) in [6.45, 7) is 5.44. The Morgan fingerprint density at radius 2 is 1.88 bits per heavy atom. The minimum atomic E-state index is -4.10. The average Bonchev–Trinajstić information content (AvgIpc) is 3.03. The number of nitrogens with one attached hydrogen (secondary N) is 1. The Morgan fingerprint density at radius 1 is 1.16 bits per heavy atom. The molecule has 10 heteroatoms. The van der Waals surface area contributed by atoms with Crippen molar-refractivity contribution >= 4 is 42.9 Å². The predicted molar refractivity (Wildman–Crippen MR) is 123 cm³/mol. The molecule has 0 amide bonds. The second-order valence-electron chi connectivity index (χ2n) is 7.40. The highest BCUT2D eigenvalue weighted by Crippen LogP contribution is 2.30. The van der Waals surface area contributed by atoms with E-state index < -0.39 is 21.7 Å². The average molecular weight is 520 g/mol. The molecule has 2 heterocycles. The van der Waals surface area contributed by atoms with Crippen LogP contribution in [0.4, 0.5) is 10.2 Å². The van der Waals surface area contributed by atoms with Crippen molar-refractivity contribution in [1.29, 1.82) is 0 Å². The van der Waals surface area contributed by atoms with Crippen molar-refractivity contribution in [3.8, 4) is 0 Å². The van der Waals surface area contributed by atoms with Crippen LogP contribution in [0.25, 0.3) is 11.1 Å². The van der Waals surface area contributed by atoms with Crippen LogP contribution in [0.5, 0.6) is 0 Å². The van der Waals surface area contributed by atoms with Crippen molar-refractivity contribution in [2.75, 3.05) is 4.72 Å². The summed E-state index contributed by atoms with van der Waals surface area (Å²) < 4.78 is 49.2. The van der Waals surface area contributed by atoms with Gasteiger partial charge in [-0.3, -0.25) is 9.29 Å². The molecule has 1 atom stereocenters. The lowest BCUT2D eigenvalue weighted by molar-refractivity contribution is 0.488. The second-order valence-corrected chi connectivity index (χ2v) is 9.91. The lowest BCUT2D eigenvalue weighted by Crippen LogP contribution is -2.20. The van der Waals surface area contributed by atoms with E-state index in [9.17, 15) is 17.6 Å². The summed E-state index contributed by atoms with van der Waals surface area (Å²) in [6.07, 6.45) is 0. The molecule has 0 aliphatic carbocycles. The first-order valence-corrected chi connectivity index (χ1v) is 11.9. The second kappa shape index (κ2) is 8.18. The van der Waals surface area contributed by atoms with Gasteiger partial charge in [0, 0.05) is 10.5 Å². The van der Waals surface area contributed by atoms with Crippen LogP contribution in [-0.4, -0.2) is 18.0 Å². The molecule has 0 radical (unpaired) electrons. The first kappa shape index (κ1) is 22.2.